The van der Waals surface area contributed by atoms with E-state index in [1.165, 1.54) is 18.5 Å². The molecule has 0 fully saturated rings. The van der Waals surface area contributed by atoms with Crippen molar-refractivity contribution >= 4 is 42.8 Å². The minimum absolute atomic E-state index is 0.314. The summed E-state index contributed by atoms with van der Waals surface area (Å²) in [6, 6.07) is 1.48. The Morgan fingerprint density at radius 3 is 2.71 bits per heavy atom. The highest BCUT2D eigenvalue weighted by molar-refractivity contribution is 9.10. The van der Waals surface area contributed by atoms with Crippen LogP contribution in [0.2, 0.25) is 0 Å². The summed E-state index contributed by atoms with van der Waals surface area (Å²) in [6.07, 6.45) is 2.81. The molecule has 0 aromatic carbocycles. The second-order valence-electron chi connectivity index (χ2n) is 2.59. The maximum atomic E-state index is 12.9. The molecule has 7 heteroatoms. The molecule has 0 bridgehead atoms. The van der Waals surface area contributed by atoms with Crippen molar-refractivity contribution in [1.29, 1.82) is 0 Å². The number of fused-ring (bicyclic) bond motifs is 1. The first-order valence-corrected chi connectivity index (χ1v) is 5.13. The summed E-state index contributed by atoms with van der Waals surface area (Å²) in [5.74, 6) is 0. The minimum Gasteiger partial charge on any atom is -0.249 e. The van der Waals surface area contributed by atoms with Crippen LogP contribution in [-0.2, 0) is 4.96 Å². The molecular formula is C7H3Br2F2N3. The Bertz CT molecular complexity index is 477. The molecule has 0 saturated carbocycles. The molecule has 0 amide bonds. The van der Waals surface area contributed by atoms with Crippen molar-refractivity contribution in [2.45, 2.75) is 4.96 Å². The van der Waals surface area contributed by atoms with Gasteiger partial charge in [0, 0.05) is 27.5 Å². The molecule has 3 nitrogen and oxygen atoms in total. The van der Waals surface area contributed by atoms with E-state index >= 15 is 0 Å². The zero-order chi connectivity index (χ0) is 10.3. The lowest BCUT2D eigenvalue weighted by molar-refractivity contribution is 0.0247. The molecule has 2 aromatic rings. The fourth-order valence-corrected chi connectivity index (χ4v) is 1.70. The van der Waals surface area contributed by atoms with E-state index in [0.717, 1.165) is 0 Å². The van der Waals surface area contributed by atoms with Gasteiger partial charge in [-0.15, -0.1) is 0 Å². The Hall–Kier alpha value is -0.560. The van der Waals surface area contributed by atoms with Crippen LogP contribution < -0.4 is 0 Å². The van der Waals surface area contributed by atoms with Crippen LogP contribution in [0, 0.1) is 0 Å². The van der Waals surface area contributed by atoms with Gasteiger partial charge in [0.25, 0.3) is 0 Å². The predicted octanol–water partition coefficient (Wildman–Crippen LogP) is 3.10. The molecule has 0 saturated heterocycles. The fraction of sp³-hybridized carbons (Fsp3) is 0.143. The van der Waals surface area contributed by atoms with Crippen LogP contribution in [0.25, 0.3) is 10.9 Å². The standard InChI is InChI=1S/C7H3Br2F2N3/c8-6-1-5-4(2-12-6)3-13-14(5)7(9,10)11/h1-3H. The van der Waals surface area contributed by atoms with E-state index in [0.29, 0.717) is 20.2 Å². The van der Waals surface area contributed by atoms with Crippen LogP contribution in [0.5, 0.6) is 0 Å². The average Bonchev–Trinajstić information content (AvgIpc) is 2.45. The van der Waals surface area contributed by atoms with Crippen LogP contribution in [0.3, 0.4) is 0 Å². The lowest BCUT2D eigenvalue weighted by Crippen LogP contribution is -2.15. The molecule has 2 heterocycles. The molecule has 0 aliphatic carbocycles. The van der Waals surface area contributed by atoms with Gasteiger partial charge in [0.2, 0.25) is 0 Å². The van der Waals surface area contributed by atoms with Gasteiger partial charge in [-0.1, -0.05) is 0 Å². The quantitative estimate of drug-likeness (QED) is 0.595. The molecule has 2 rings (SSSR count). The molecule has 0 aliphatic rings. The summed E-state index contributed by atoms with van der Waals surface area (Å²) in [7, 11) is 0. The van der Waals surface area contributed by atoms with E-state index in [2.05, 4.69) is 41.9 Å². The minimum atomic E-state index is -3.18. The fourth-order valence-electron chi connectivity index (χ4n) is 1.10. The van der Waals surface area contributed by atoms with Crippen molar-refractivity contribution in [3.63, 3.8) is 0 Å². The molecule has 2 aromatic heterocycles. The van der Waals surface area contributed by atoms with Gasteiger partial charge in [-0.3, -0.25) is 0 Å². The Kier molecular flexibility index (Phi) is 2.30. The van der Waals surface area contributed by atoms with Crippen LogP contribution in [-0.4, -0.2) is 14.8 Å². The molecule has 74 valence electrons. The van der Waals surface area contributed by atoms with E-state index < -0.39 is 4.96 Å². The molecule has 0 unspecified atom stereocenters. The molecule has 14 heavy (non-hydrogen) atoms. The summed E-state index contributed by atoms with van der Waals surface area (Å²) in [5.41, 5.74) is 0.314. The number of rotatable bonds is 1. The van der Waals surface area contributed by atoms with E-state index in [-0.39, 0.29) is 0 Å². The lowest BCUT2D eigenvalue weighted by atomic mass is 10.3. The Morgan fingerprint density at radius 1 is 1.36 bits per heavy atom. The first-order chi connectivity index (χ1) is 6.48. The number of hydrogen-bond acceptors (Lipinski definition) is 2. The molecule has 0 N–H and O–H groups in total. The van der Waals surface area contributed by atoms with Crippen molar-refractivity contribution in [3.8, 4) is 0 Å². The second kappa shape index (κ2) is 3.23. The van der Waals surface area contributed by atoms with Gasteiger partial charge < -0.3 is 0 Å². The van der Waals surface area contributed by atoms with E-state index in [9.17, 15) is 8.78 Å². The van der Waals surface area contributed by atoms with E-state index in [1.807, 2.05) is 0 Å². The molecule has 0 aliphatic heterocycles. The van der Waals surface area contributed by atoms with Crippen molar-refractivity contribution in [3.05, 3.63) is 23.1 Å². The van der Waals surface area contributed by atoms with E-state index in [4.69, 9.17) is 0 Å². The third-order valence-electron chi connectivity index (χ3n) is 1.66. The maximum Gasteiger partial charge on any atom is 0.401 e. The molecular weight excluding hydrogens is 324 g/mol. The molecule has 0 radical (unpaired) electrons. The SMILES string of the molecule is FC(F)(Br)n1ncc2cnc(Br)cc21. The van der Waals surface area contributed by atoms with Gasteiger partial charge in [-0.05, 0) is 22.0 Å². The Balaban J connectivity index is 2.73. The maximum absolute atomic E-state index is 12.9. The van der Waals surface area contributed by atoms with Crippen molar-refractivity contribution in [2.75, 3.05) is 0 Å². The number of hydrogen-bond donors (Lipinski definition) is 0. The zero-order valence-electron chi connectivity index (χ0n) is 6.59. The van der Waals surface area contributed by atoms with Gasteiger partial charge in [0.05, 0.1) is 11.7 Å². The first-order valence-electron chi connectivity index (χ1n) is 3.55. The predicted molar refractivity (Wildman–Crippen MR) is 54.3 cm³/mol. The highest BCUT2D eigenvalue weighted by atomic mass is 79.9. The largest absolute Gasteiger partial charge is 0.401 e. The first kappa shape index (κ1) is 9.97. The zero-order valence-corrected chi connectivity index (χ0v) is 9.76. The van der Waals surface area contributed by atoms with Gasteiger partial charge in [0.15, 0.2) is 0 Å². The highest BCUT2D eigenvalue weighted by Gasteiger charge is 2.29. The summed E-state index contributed by atoms with van der Waals surface area (Å²) in [6.45, 7) is 0. The van der Waals surface area contributed by atoms with Gasteiger partial charge in [-0.25, -0.2) is 4.98 Å². The van der Waals surface area contributed by atoms with Crippen molar-refractivity contribution < 1.29 is 8.78 Å². The number of aromatic nitrogens is 3. The summed E-state index contributed by atoms with van der Waals surface area (Å²) in [4.78, 5) is 0.721. The number of alkyl halides is 3. The third-order valence-corrected chi connectivity index (χ3v) is 2.43. The van der Waals surface area contributed by atoms with Crippen LogP contribution in [0.1, 0.15) is 0 Å². The monoisotopic (exact) mass is 325 g/mol. The topological polar surface area (TPSA) is 30.7 Å². The smallest absolute Gasteiger partial charge is 0.249 e. The lowest BCUT2D eigenvalue weighted by Gasteiger charge is -2.09. The Labute approximate surface area is 94.4 Å². The third kappa shape index (κ3) is 1.66. The van der Waals surface area contributed by atoms with E-state index in [1.54, 1.807) is 0 Å². The van der Waals surface area contributed by atoms with Crippen molar-refractivity contribution in [2.24, 2.45) is 0 Å². The normalized spacial score (nSPS) is 12.3. The summed E-state index contributed by atoms with van der Waals surface area (Å²) in [5, 5.41) is 4.13. The van der Waals surface area contributed by atoms with Crippen LogP contribution in [0.4, 0.5) is 8.78 Å². The summed E-state index contributed by atoms with van der Waals surface area (Å²) >= 11 is 5.35. The van der Waals surface area contributed by atoms with Gasteiger partial charge in [-0.2, -0.15) is 18.6 Å². The number of halogens is 4. The van der Waals surface area contributed by atoms with Crippen molar-refractivity contribution in [1.82, 2.24) is 14.8 Å². The average molecular weight is 327 g/mol. The Morgan fingerprint density at radius 2 is 2.07 bits per heavy atom. The second-order valence-corrected chi connectivity index (χ2v) is 4.36. The van der Waals surface area contributed by atoms with Crippen LogP contribution >= 0.6 is 31.9 Å². The highest BCUT2D eigenvalue weighted by Crippen LogP contribution is 2.31. The van der Waals surface area contributed by atoms with Gasteiger partial charge in [0.1, 0.15) is 4.60 Å². The molecule has 0 atom stereocenters. The van der Waals surface area contributed by atoms with Crippen LogP contribution in [0.15, 0.2) is 23.1 Å². The number of pyridine rings is 1. The summed E-state index contributed by atoms with van der Waals surface area (Å²) < 4.78 is 26.9. The van der Waals surface area contributed by atoms with Gasteiger partial charge >= 0.3 is 4.96 Å². The molecule has 0 spiro atoms. The number of nitrogens with zero attached hydrogens (tertiary/aromatic N) is 3.